The van der Waals surface area contributed by atoms with E-state index in [0.717, 1.165) is 18.9 Å². The van der Waals surface area contributed by atoms with Gasteiger partial charge in [-0.05, 0) is 40.0 Å². The molecule has 1 atom stereocenters. The molecule has 0 saturated carbocycles. The van der Waals surface area contributed by atoms with Crippen molar-refractivity contribution < 1.29 is 17.9 Å². The van der Waals surface area contributed by atoms with E-state index >= 15 is 0 Å². The number of rotatable bonds is 12. The van der Waals surface area contributed by atoms with Crippen LogP contribution < -0.4 is 5.32 Å². The van der Waals surface area contributed by atoms with Gasteiger partial charge in [0.05, 0.1) is 24.6 Å². The molecule has 1 aliphatic heterocycles. The predicted molar refractivity (Wildman–Crippen MR) is 119 cm³/mol. The first-order valence-electron chi connectivity index (χ1n) is 11.0. The molecule has 1 unspecified atom stereocenters. The van der Waals surface area contributed by atoms with Gasteiger partial charge in [-0.1, -0.05) is 13.8 Å². The number of piperazine rings is 1. The quantitative estimate of drug-likeness (QED) is 0.372. The summed E-state index contributed by atoms with van der Waals surface area (Å²) in [5.74, 6) is 1.35. The molecule has 0 amide bonds. The smallest absolute Gasteiger partial charge is 0.216 e. The van der Waals surface area contributed by atoms with Crippen molar-refractivity contribution in [2.75, 3.05) is 58.2 Å². The van der Waals surface area contributed by atoms with Crippen molar-refractivity contribution in [3.8, 4) is 0 Å². The lowest BCUT2D eigenvalue weighted by molar-refractivity contribution is 0.0266. The van der Waals surface area contributed by atoms with E-state index in [1.165, 1.54) is 0 Å². The van der Waals surface area contributed by atoms with Gasteiger partial charge in [0.25, 0.3) is 0 Å². The van der Waals surface area contributed by atoms with Gasteiger partial charge in [-0.25, -0.2) is 8.42 Å². The second kappa shape index (κ2) is 13.4. The molecule has 172 valence electrons. The molecule has 1 N–H and O–H groups in total. The lowest BCUT2D eigenvalue weighted by atomic mass is 10.0. The van der Waals surface area contributed by atoms with Crippen molar-refractivity contribution >= 4 is 16.0 Å². The summed E-state index contributed by atoms with van der Waals surface area (Å²) in [5.41, 5.74) is 0. The second-order valence-electron chi connectivity index (χ2n) is 7.88. The van der Waals surface area contributed by atoms with Crippen LogP contribution in [0.4, 0.5) is 0 Å². The maximum atomic E-state index is 12.5. The highest BCUT2D eigenvalue weighted by Gasteiger charge is 2.28. The Kier molecular flexibility index (Phi) is 12.1. The van der Waals surface area contributed by atoms with Crippen molar-refractivity contribution in [2.24, 2.45) is 10.9 Å². The Morgan fingerprint density at radius 2 is 1.72 bits per heavy atom. The summed E-state index contributed by atoms with van der Waals surface area (Å²) in [7, 11) is -3.28. The third kappa shape index (κ3) is 9.63. The summed E-state index contributed by atoms with van der Waals surface area (Å²) in [5, 5.41) is 3.33. The molecule has 0 aromatic carbocycles. The Labute approximate surface area is 178 Å². The molecule has 29 heavy (non-hydrogen) atoms. The fraction of sp³-hybridized carbons (Fsp3) is 0.950. The molecule has 1 heterocycles. The van der Waals surface area contributed by atoms with Gasteiger partial charge < -0.3 is 19.7 Å². The number of nitrogens with zero attached hydrogens (tertiary/aromatic N) is 3. The minimum Gasteiger partial charge on any atom is -0.378 e. The van der Waals surface area contributed by atoms with Gasteiger partial charge in [-0.2, -0.15) is 4.31 Å². The van der Waals surface area contributed by atoms with E-state index < -0.39 is 10.0 Å². The first kappa shape index (κ1) is 26.1. The molecule has 0 spiro atoms. The molecular formula is C20H42N4O4S. The van der Waals surface area contributed by atoms with Crippen LogP contribution in [0.2, 0.25) is 0 Å². The summed E-state index contributed by atoms with van der Waals surface area (Å²) in [4.78, 5) is 6.91. The zero-order chi connectivity index (χ0) is 21.9. The first-order chi connectivity index (χ1) is 13.7. The van der Waals surface area contributed by atoms with Crippen molar-refractivity contribution in [1.29, 1.82) is 0 Å². The third-order valence-electron chi connectivity index (χ3n) is 4.86. The van der Waals surface area contributed by atoms with Crippen LogP contribution in [-0.4, -0.2) is 94.0 Å². The van der Waals surface area contributed by atoms with Crippen molar-refractivity contribution in [1.82, 2.24) is 14.5 Å². The average molecular weight is 435 g/mol. The summed E-state index contributed by atoms with van der Waals surface area (Å²) in [6, 6.07) is 0. The molecular weight excluding hydrogens is 392 g/mol. The fourth-order valence-electron chi connectivity index (χ4n) is 3.24. The van der Waals surface area contributed by atoms with Gasteiger partial charge >= 0.3 is 0 Å². The number of guanidine groups is 1. The maximum absolute atomic E-state index is 12.5. The maximum Gasteiger partial charge on any atom is 0.216 e. The van der Waals surface area contributed by atoms with E-state index in [9.17, 15) is 8.42 Å². The van der Waals surface area contributed by atoms with Crippen molar-refractivity contribution in [3.63, 3.8) is 0 Å². The normalized spacial score (nSPS) is 17.9. The van der Waals surface area contributed by atoms with Gasteiger partial charge in [0.2, 0.25) is 10.0 Å². The highest BCUT2D eigenvalue weighted by Crippen LogP contribution is 2.12. The summed E-state index contributed by atoms with van der Waals surface area (Å²) < 4.78 is 37.8. The highest BCUT2D eigenvalue weighted by molar-refractivity contribution is 7.89. The van der Waals surface area contributed by atoms with Crippen LogP contribution >= 0.6 is 0 Å². The van der Waals surface area contributed by atoms with Crippen LogP contribution in [0.5, 0.6) is 0 Å². The molecule has 1 rings (SSSR count). The fourth-order valence-corrected chi connectivity index (χ4v) is 4.53. The molecule has 0 radical (unpaired) electrons. The van der Waals surface area contributed by atoms with Crippen molar-refractivity contribution in [3.05, 3.63) is 0 Å². The number of sulfonamides is 1. The number of nitrogens with one attached hydrogen (secondary N) is 1. The Balaban J connectivity index is 2.59. The molecule has 0 bridgehead atoms. The predicted octanol–water partition coefficient (Wildman–Crippen LogP) is 1.78. The molecule has 1 aliphatic rings. The number of aliphatic imine (C=N–C) groups is 1. The first-order valence-corrected chi connectivity index (χ1v) is 12.6. The van der Waals surface area contributed by atoms with E-state index in [4.69, 9.17) is 14.5 Å². The number of hydrogen-bond acceptors (Lipinski definition) is 5. The number of ether oxygens (including phenoxy) is 2. The molecule has 9 heteroatoms. The Bertz CT molecular complexity index is 573. The molecule has 0 aromatic rings. The molecule has 1 fully saturated rings. The van der Waals surface area contributed by atoms with Crippen molar-refractivity contribution in [2.45, 2.75) is 60.2 Å². The van der Waals surface area contributed by atoms with Crippen LogP contribution in [0.15, 0.2) is 4.99 Å². The summed E-state index contributed by atoms with van der Waals surface area (Å²) >= 11 is 0. The van der Waals surface area contributed by atoms with E-state index in [2.05, 4.69) is 24.1 Å². The van der Waals surface area contributed by atoms with Crippen LogP contribution in [0, 0.1) is 5.92 Å². The van der Waals surface area contributed by atoms with Crippen LogP contribution in [0.25, 0.3) is 0 Å². The lowest BCUT2D eigenvalue weighted by Crippen LogP contribution is -2.54. The van der Waals surface area contributed by atoms with Crippen LogP contribution in [0.1, 0.15) is 48.0 Å². The van der Waals surface area contributed by atoms with Gasteiger partial charge in [-0.3, -0.25) is 4.99 Å². The van der Waals surface area contributed by atoms with E-state index in [1.54, 1.807) is 4.31 Å². The van der Waals surface area contributed by atoms with Gasteiger partial charge in [0, 0.05) is 45.9 Å². The standard InChI is InChI=1S/C20H42N4O4S/c1-7-21-20(22-10-9-19(17(3)4)27-8-2)23-11-13-24(14-12-23)29(25,26)16-15-28-18(5)6/h17-19H,7-16H2,1-6H3,(H,21,22). The Morgan fingerprint density at radius 1 is 1.07 bits per heavy atom. The monoisotopic (exact) mass is 434 g/mol. The van der Waals surface area contributed by atoms with E-state index in [1.807, 2.05) is 27.7 Å². The van der Waals surface area contributed by atoms with E-state index in [-0.39, 0.29) is 24.6 Å². The number of hydrogen-bond donors (Lipinski definition) is 1. The SMILES string of the molecule is CCNC(=NCCC(OCC)C(C)C)N1CCN(S(=O)(=O)CCOC(C)C)CC1. The van der Waals surface area contributed by atoms with Gasteiger partial charge in [-0.15, -0.1) is 0 Å². The average Bonchev–Trinajstić information content (AvgIpc) is 2.66. The third-order valence-corrected chi connectivity index (χ3v) is 6.69. The molecule has 8 nitrogen and oxygen atoms in total. The highest BCUT2D eigenvalue weighted by atomic mass is 32.2. The zero-order valence-electron chi connectivity index (χ0n) is 19.2. The Morgan fingerprint density at radius 3 is 2.24 bits per heavy atom. The second-order valence-corrected chi connectivity index (χ2v) is 9.97. The topological polar surface area (TPSA) is 83.5 Å². The largest absolute Gasteiger partial charge is 0.378 e. The van der Waals surface area contributed by atoms with Crippen LogP contribution in [0.3, 0.4) is 0 Å². The lowest BCUT2D eigenvalue weighted by Gasteiger charge is -2.36. The minimum atomic E-state index is -3.28. The Hall–Kier alpha value is -0.900. The van der Waals surface area contributed by atoms with Gasteiger partial charge in [0.15, 0.2) is 5.96 Å². The molecule has 1 saturated heterocycles. The summed E-state index contributed by atoms with van der Waals surface area (Å²) in [6.45, 7) is 16.9. The minimum absolute atomic E-state index is 0.0351. The van der Waals surface area contributed by atoms with E-state index in [0.29, 0.717) is 45.2 Å². The zero-order valence-corrected chi connectivity index (χ0v) is 20.0. The molecule has 0 aliphatic carbocycles. The van der Waals surface area contributed by atoms with Crippen LogP contribution in [-0.2, 0) is 19.5 Å². The molecule has 0 aromatic heterocycles. The summed E-state index contributed by atoms with van der Waals surface area (Å²) in [6.07, 6.45) is 1.13. The van der Waals surface area contributed by atoms with Gasteiger partial charge in [0.1, 0.15) is 0 Å².